The number of methoxy groups -OCH3 is 1. The lowest BCUT2D eigenvalue weighted by Crippen LogP contribution is -2.45. The number of rotatable bonds is 6. The molecule has 2 rings (SSSR count). The Morgan fingerprint density at radius 1 is 1.08 bits per heavy atom. The topological polar surface area (TPSA) is 75.7 Å². The van der Waals surface area contributed by atoms with Gasteiger partial charge in [-0.2, -0.15) is 0 Å². The van der Waals surface area contributed by atoms with Crippen LogP contribution < -0.4 is 14.4 Å². The lowest BCUT2D eigenvalue weighted by atomic mass is 10.1. The number of carbonyl (C=O) groups is 1. The molecule has 6 nitrogen and oxygen atoms in total. The van der Waals surface area contributed by atoms with Gasteiger partial charge in [-0.1, -0.05) is 6.07 Å². The molecule has 0 heterocycles. The highest BCUT2D eigenvalue weighted by Gasteiger charge is 2.29. The predicted octanol–water partition coefficient (Wildman–Crippen LogP) is 3.11. The number of sulfonamides is 1. The van der Waals surface area contributed by atoms with Gasteiger partial charge in [0.05, 0.1) is 19.1 Å². The van der Waals surface area contributed by atoms with Crippen molar-refractivity contribution in [3.8, 4) is 5.75 Å². The third-order valence-corrected chi connectivity index (χ3v) is 5.15. The number of nitrogens with one attached hydrogen (secondary N) is 1. The summed E-state index contributed by atoms with van der Waals surface area (Å²) >= 11 is 0. The summed E-state index contributed by atoms with van der Waals surface area (Å²) in [5, 5.41) is 2.74. The van der Waals surface area contributed by atoms with Crippen LogP contribution in [0, 0.1) is 13.8 Å². The zero-order valence-corrected chi connectivity index (χ0v) is 16.4. The monoisotopic (exact) mass is 376 g/mol. The molecule has 0 saturated carbocycles. The minimum atomic E-state index is -3.65. The number of hydrogen-bond donors (Lipinski definition) is 1. The number of carbonyl (C=O) groups excluding carboxylic acids is 1. The Hall–Kier alpha value is -2.54. The minimum absolute atomic E-state index is 0.417. The number of nitrogens with zero attached hydrogens (tertiary/aromatic N) is 1. The third kappa shape index (κ3) is 4.76. The maximum atomic E-state index is 12.6. The van der Waals surface area contributed by atoms with Crippen molar-refractivity contribution in [3.05, 3.63) is 53.6 Å². The standard InChI is InChI=1S/C19H24N2O4S/c1-13-10-14(2)12-17(11-13)21(26(5,23)24)15(3)19(22)20-16-6-8-18(25-4)9-7-16/h6-12,15H,1-5H3,(H,20,22)/t15-/m0/s1. The molecule has 26 heavy (non-hydrogen) atoms. The van der Waals surface area contributed by atoms with Crippen molar-refractivity contribution < 1.29 is 17.9 Å². The van der Waals surface area contributed by atoms with Gasteiger partial charge in [-0.05, 0) is 68.3 Å². The Morgan fingerprint density at radius 3 is 2.08 bits per heavy atom. The molecule has 0 aliphatic rings. The zero-order chi connectivity index (χ0) is 19.5. The summed E-state index contributed by atoms with van der Waals surface area (Å²) < 4.78 is 31.0. The average molecular weight is 376 g/mol. The van der Waals surface area contributed by atoms with Gasteiger partial charge >= 0.3 is 0 Å². The van der Waals surface area contributed by atoms with Crippen LogP contribution in [0.3, 0.4) is 0 Å². The summed E-state index contributed by atoms with van der Waals surface area (Å²) in [6, 6.07) is 11.4. The molecule has 0 fully saturated rings. The second kappa shape index (κ2) is 7.78. The molecular formula is C19H24N2O4S. The maximum absolute atomic E-state index is 12.6. The zero-order valence-electron chi connectivity index (χ0n) is 15.6. The number of hydrogen-bond acceptors (Lipinski definition) is 4. The maximum Gasteiger partial charge on any atom is 0.247 e. The van der Waals surface area contributed by atoms with E-state index in [1.165, 1.54) is 0 Å². The molecule has 0 radical (unpaired) electrons. The molecule has 0 bridgehead atoms. The molecule has 1 atom stereocenters. The van der Waals surface area contributed by atoms with E-state index >= 15 is 0 Å². The molecule has 0 aliphatic heterocycles. The smallest absolute Gasteiger partial charge is 0.247 e. The molecule has 0 aliphatic carbocycles. The van der Waals surface area contributed by atoms with Crippen LogP contribution in [0.5, 0.6) is 5.75 Å². The summed E-state index contributed by atoms with van der Waals surface area (Å²) in [5.74, 6) is 0.254. The molecule has 0 unspecified atom stereocenters. The van der Waals surface area contributed by atoms with E-state index in [0.717, 1.165) is 21.7 Å². The fraction of sp³-hybridized carbons (Fsp3) is 0.316. The summed E-state index contributed by atoms with van der Waals surface area (Å²) in [6.07, 6.45) is 1.10. The fourth-order valence-corrected chi connectivity index (χ4v) is 3.97. The number of amides is 1. The van der Waals surface area contributed by atoms with Crippen LogP contribution in [0.15, 0.2) is 42.5 Å². The summed E-state index contributed by atoms with van der Waals surface area (Å²) in [7, 11) is -2.09. The van der Waals surface area contributed by atoms with E-state index in [4.69, 9.17) is 4.74 Å². The molecule has 7 heteroatoms. The molecule has 2 aromatic carbocycles. The number of ether oxygens (including phenoxy) is 1. The van der Waals surface area contributed by atoms with E-state index in [-0.39, 0.29) is 0 Å². The van der Waals surface area contributed by atoms with Gasteiger partial charge in [-0.3, -0.25) is 9.10 Å². The first-order chi connectivity index (χ1) is 12.1. The van der Waals surface area contributed by atoms with Crippen molar-refractivity contribution in [1.82, 2.24) is 0 Å². The van der Waals surface area contributed by atoms with E-state index in [9.17, 15) is 13.2 Å². The highest BCUT2D eigenvalue weighted by Crippen LogP contribution is 2.24. The predicted molar refractivity (Wildman–Crippen MR) is 104 cm³/mol. The Balaban J connectivity index is 2.31. The van der Waals surface area contributed by atoms with Crippen molar-refractivity contribution in [2.24, 2.45) is 0 Å². The van der Waals surface area contributed by atoms with Gasteiger partial charge in [-0.15, -0.1) is 0 Å². The minimum Gasteiger partial charge on any atom is -0.497 e. The van der Waals surface area contributed by atoms with E-state index in [1.54, 1.807) is 50.4 Å². The van der Waals surface area contributed by atoms with Crippen molar-refractivity contribution in [3.63, 3.8) is 0 Å². The van der Waals surface area contributed by atoms with Crippen LogP contribution >= 0.6 is 0 Å². The average Bonchev–Trinajstić information content (AvgIpc) is 2.53. The van der Waals surface area contributed by atoms with Crippen LogP contribution in [-0.4, -0.2) is 33.7 Å². The lowest BCUT2D eigenvalue weighted by Gasteiger charge is -2.28. The number of benzene rings is 2. The largest absolute Gasteiger partial charge is 0.497 e. The first kappa shape index (κ1) is 19.8. The molecule has 2 aromatic rings. The highest BCUT2D eigenvalue weighted by molar-refractivity contribution is 7.92. The molecule has 140 valence electrons. The molecule has 1 N–H and O–H groups in total. The summed E-state index contributed by atoms with van der Waals surface area (Å²) in [6.45, 7) is 5.34. The third-order valence-electron chi connectivity index (χ3n) is 3.91. The van der Waals surface area contributed by atoms with E-state index in [0.29, 0.717) is 17.1 Å². The normalized spacial score (nSPS) is 12.3. The second-order valence-electron chi connectivity index (χ2n) is 6.30. The quantitative estimate of drug-likeness (QED) is 0.840. The van der Waals surface area contributed by atoms with Gasteiger partial charge in [-0.25, -0.2) is 8.42 Å². The lowest BCUT2D eigenvalue weighted by molar-refractivity contribution is -0.116. The Kier molecular flexibility index (Phi) is 5.92. The summed E-state index contributed by atoms with van der Waals surface area (Å²) in [4.78, 5) is 12.6. The first-order valence-electron chi connectivity index (χ1n) is 8.14. The highest BCUT2D eigenvalue weighted by atomic mass is 32.2. The van der Waals surface area contributed by atoms with Crippen molar-refractivity contribution in [2.75, 3.05) is 23.0 Å². The Bertz CT molecular complexity index is 872. The van der Waals surface area contributed by atoms with Crippen molar-refractivity contribution in [2.45, 2.75) is 26.8 Å². The molecule has 0 aromatic heterocycles. The molecule has 0 spiro atoms. The second-order valence-corrected chi connectivity index (χ2v) is 8.16. The molecule has 1 amide bonds. The number of aryl methyl sites for hydroxylation is 2. The van der Waals surface area contributed by atoms with Crippen molar-refractivity contribution in [1.29, 1.82) is 0 Å². The van der Waals surface area contributed by atoms with Crippen LogP contribution in [-0.2, 0) is 14.8 Å². The van der Waals surface area contributed by atoms with Gasteiger partial charge in [0, 0.05) is 5.69 Å². The first-order valence-corrected chi connectivity index (χ1v) is 9.99. The summed E-state index contributed by atoms with van der Waals surface area (Å²) in [5.41, 5.74) is 2.90. The molecular weight excluding hydrogens is 352 g/mol. The van der Waals surface area contributed by atoms with Gasteiger partial charge in [0.2, 0.25) is 15.9 Å². The van der Waals surface area contributed by atoms with Gasteiger partial charge in [0.15, 0.2) is 0 Å². The fourth-order valence-electron chi connectivity index (χ4n) is 2.81. The van der Waals surface area contributed by atoms with Crippen LogP contribution in [0.25, 0.3) is 0 Å². The van der Waals surface area contributed by atoms with Crippen LogP contribution in [0.4, 0.5) is 11.4 Å². The molecule has 0 saturated heterocycles. The Labute approximate surface area is 154 Å². The van der Waals surface area contributed by atoms with E-state index < -0.39 is 22.0 Å². The van der Waals surface area contributed by atoms with Crippen LogP contribution in [0.2, 0.25) is 0 Å². The van der Waals surface area contributed by atoms with E-state index in [2.05, 4.69) is 5.32 Å². The van der Waals surface area contributed by atoms with Crippen LogP contribution in [0.1, 0.15) is 18.1 Å². The Morgan fingerprint density at radius 2 is 1.62 bits per heavy atom. The van der Waals surface area contributed by atoms with Crippen molar-refractivity contribution >= 4 is 27.3 Å². The van der Waals surface area contributed by atoms with Gasteiger partial charge in [0.25, 0.3) is 0 Å². The van der Waals surface area contributed by atoms with Gasteiger partial charge in [0.1, 0.15) is 11.8 Å². The van der Waals surface area contributed by atoms with Gasteiger partial charge < -0.3 is 10.1 Å². The van der Waals surface area contributed by atoms with E-state index in [1.807, 2.05) is 19.9 Å². The number of anilines is 2. The SMILES string of the molecule is COc1ccc(NC(=O)[C@H](C)N(c2cc(C)cc(C)c2)S(C)(=O)=O)cc1.